The highest BCUT2D eigenvalue weighted by atomic mass is 16.6. The molecule has 6 nitrogen and oxygen atoms in total. The highest BCUT2D eigenvalue weighted by Crippen LogP contribution is 2.14. The first-order valence-corrected chi connectivity index (χ1v) is 26.2. The largest absolute Gasteiger partial charge is 0.462 e. The quantitative estimate of drug-likeness (QED) is 0.0199. The molecule has 366 valence electrons. The van der Waals surface area contributed by atoms with E-state index < -0.39 is 6.10 Å². The van der Waals surface area contributed by atoms with Crippen LogP contribution < -0.4 is 0 Å². The van der Waals surface area contributed by atoms with Gasteiger partial charge in [-0.2, -0.15) is 0 Å². The number of carbonyl (C=O) groups is 3. The fourth-order valence-corrected chi connectivity index (χ4v) is 6.76. The lowest BCUT2D eigenvalue weighted by atomic mass is 10.1. The Morgan fingerprint density at radius 3 is 1.00 bits per heavy atom. The number of hydrogen-bond donors (Lipinski definition) is 0. The molecule has 65 heavy (non-hydrogen) atoms. The molecule has 0 aliphatic heterocycles. The summed E-state index contributed by atoms with van der Waals surface area (Å²) < 4.78 is 16.8. The molecule has 0 spiro atoms. The monoisotopic (exact) mass is 899 g/mol. The van der Waals surface area contributed by atoms with Crippen molar-refractivity contribution in [1.29, 1.82) is 0 Å². The second-order valence-corrected chi connectivity index (χ2v) is 16.9. The number of carbonyl (C=O) groups excluding carboxylic acids is 3. The Balaban J connectivity index is 4.52. The molecule has 0 amide bonds. The van der Waals surface area contributed by atoms with Gasteiger partial charge in [-0.25, -0.2) is 0 Å². The molecule has 1 atom stereocenters. The van der Waals surface area contributed by atoms with E-state index in [1.807, 2.05) is 72.9 Å². The van der Waals surface area contributed by atoms with Crippen molar-refractivity contribution in [3.05, 3.63) is 122 Å². The molecular formula is C59H94O6. The Labute approximate surface area is 399 Å². The maximum Gasteiger partial charge on any atom is 0.306 e. The fraction of sp³-hybridized carbons (Fsp3) is 0.610. The summed E-state index contributed by atoms with van der Waals surface area (Å²) >= 11 is 0. The summed E-state index contributed by atoms with van der Waals surface area (Å²) in [6.07, 6.45) is 71.8. The number of hydrogen-bond acceptors (Lipinski definition) is 6. The summed E-state index contributed by atoms with van der Waals surface area (Å²) in [6.45, 7) is 6.28. The van der Waals surface area contributed by atoms with Crippen molar-refractivity contribution in [2.75, 3.05) is 13.2 Å². The van der Waals surface area contributed by atoms with Gasteiger partial charge in [0.05, 0.1) is 0 Å². The molecule has 0 aromatic heterocycles. The minimum absolute atomic E-state index is 0.109. The van der Waals surface area contributed by atoms with Crippen LogP contribution in [0.25, 0.3) is 0 Å². The lowest BCUT2D eigenvalue weighted by Gasteiger charge is -2.18. The molecule has 0 fully saturated rings. The fourth-order valence-electron chi connectivity index (χ4n) is 6.76. The van der Waals surface area contributed by atoms with Crippen LogP contribution in [0.5, 0.6) is 0 Å². The van der Waals surface area contributed by atoms with Gasteiger partial charge >= 0.3 is 17.9 Å². The predicted molar refractivity (Wildman–Crippen MR) is 279 cm³/mol. The molecule has 0 aliphatic rings. The van der Waals surface area contributed by atoms with Crippen molar-refractivity contribution in [3.63, 3.8) is 0 Å². The molecule has 0 saturated carbocycles. The third-order valence-corrected chi connectivity index (χ3v) is 10.7. The first-order valence-electron chi connectivity index (χ1n) is 26.2. The number of esters is 3. The van der Waals surface area contributed by atoms with E-state index in [9.17, 15) is 14.4 Å². The Morgan fingerprint density at radius 1 is 0.323 bits per heavy atom. The average Bonchev–Trinajstić information content (AvgIpc) is 3.30. The molecular weight excluding hydrogens is 805 g/mol. The van der Waals surface area contributed by atoms with Crippen LogP contribution in [-0.4, -0.2) is 37.2 Å². The molecule has 0 heterocycles. The Hall–Kier alpha value is -4.19. The van der Waals surface area contributed by atoms with Gasteiger partial charge in [-0.05, 0) is 83.5 Å². The van der Waals surface area contributed by atoms with Crippen LogP contribution in [0.1, 0.15) is 213 Å². The van der Waals surface area contributed by atoms with E-state index in [4.69, 9.17) is 14.2 Å². The van der Waals surface area contributed by atoms with Crippen LogP contribution >= 0.6 is 0 Å². The van der Waals surface area contributed by atoms with Gasteiger partial charge in [0.1, 0.15) is 13.2 Å². The molecule has 0 aromatic rings. The second kappa shape index (κ2) is 52.4. The standard InChI is InChI=1S/C59H94O6/c1-4-7-10-13-16-19-22-25-28-29-32-34-37-40-43-46-49-52-58(61)64-55-56(65-59(62)53-50-47-44-41-38-35-31-27-24-21-18-15-12-9-6-3)54-63-57(60)51-48-45-42-39-36-33-30-26-23-20-17-14-11-8-5-2/h8-9,11-12,14-15,17-18,20-21,23-28,30-31,35,38,56H,4-7,10,13,16,19,22,29,32-34,36-37,39-55H2,1-3H3/b11-8-,12-9-,17-14-,18-15-,23-20-,24-21-,28-25-,30-26-,31-27-,38-35-. The van der Waals surface area contributed by atoms with Crippen molar-refractivity contribution in [1.82, 2.24) is 0 Å². The minimum Gasteiger partial charge on any atom is -0.462 e. The maximum atomic E-state index is 12.8. The summed E-state index contributed by atoms with van der Waals surface area (Å²) in [5.74, 6) is -0.986. The number of allylic oxidation sites excluding steroid dienone is 20. The van der Waals surface area contributed by atoms with Crippen LogP contribution in [0.15, 0.2) is 122 Å². The van der Waals surface area contributed by atoms with Gasteiger partial charge in [0.25, 0.3) is 0 Å². The molecule has 0 aromatic carbocycles. The van der Waals surface area contributed by atoms with Crippen molar-refractivity contribution in [3.8, 4) is 0 Å². The van der Waals surface area contributed by atoms with Crippen molar-refractivity contribution < 1.29 is 28.6 Å². The van der Waals surface area contributed by atoms with Gasteiger partial charge in [-0.15, -0.1) is 0 Å². The van der Waals surface area contributed by atoms with E-state index in [0.717, 1.165) is 89.9 Å². The van der Waals surface area contributed by atoms with Gasteiger partial charge in [0.2, 0.25) is 0 Å². The van der Waals surface area contributed by atoms with E-state index in [-0.39, 0.29) is 37.5 Å². The lowest BCUT2D eigenvalue weighted by molar-refractivity contribution is -0.167. The summed E-state index contributed by atoms with van der Waals surface area (Å²) in [7, 11) is 0. The van der Waals surface area contributed by atoms with Crippen molar-refractivity contribution in [2.45, 2.75) is 219 Å². The lowest BCUT2D eigenvalue weighted by Crippen LogP contribution is -2.30. The van der Waals surface area contributed by atoms with Crippen LogP contribution in [0, 0.1) is 0 Å². The normalized spacial score (nSPS) is 13.1. The van der Waals surface area contributed by atoms with E-state index in [0.29, 0.717) is 19.3 Å². The van der Waals surface area contributed by atoms with E-state index in [1.54, 1.807) is 0 Å². The SMILES string of the molecule is CC\C=C/C=C\C=C/C=C\C=C/CCCCCC(=O)OC(COC(=O)CCCCCCC\C=C/C=C\C=C/C=C\CC)COC(=O)CCCCCCCCC/C=C\CCCCCCCC. The number of ether oxygens (including phenoxy) is 3. The van der Waals surface area contributed by atoms with E-state index >= 15 is 0 Å². The van der Waals surface area contributed by atoms with Gasteiger partial charge < -0.3 is 14.2 Å². The topological polar surface area (TPSA) is 78.9 Å². The van der Waals surface area contributed by atoms with Gasteiger partial charge in [0, 0.05) is 19.3 Å². The third kappa shape index (κ3) is 50.7. The Morgan fingerprint density at radius 2 is 0.615 bits per heavy atom. The molecule has 0 bridgehead atoms. The molecule has 0 aliphatic carbocycles. The van der Waals surface area contributed by atoms with Gasteiger partial charge in [-0.1, -0.05) is 232 Å². The second-order valence-electron chi connectivity index (χ2n) is 16.9. The first kappa shape index (κ1) is 60.8. The minimum atomic E-state index is -0.815. The smallest absolute Gasteiger partial charge is 0.306 e. The predicted octanol–water partition coefficient (Wildman–Crippen LogP) is 17.3. The van der Waals surface area contributed by atoms with Crippen LogP contribution in [0.2, 0.25) is 0 Å². The van der Waals surface area contributed by atoms with Gasteiger partial charge in [0.15, 0.2) is 6.10 Å². The maximum absolute atomic E-state index is 12.8. The first-order chi connectivity index (χ1) is 32.0. The zero-order valence-electron chi connectivity index (χ0n) is 41.7. The highest BCUT2D eigenvalue weighted by molar-refractivity contribution is 5.71. The molecule has 0 radical (unpaired) electrons. The number of unbranched alkanes of at least 4 members (excludes halogenated alkanes) is 21. The van der Waals surface area contributed by atoms with Crippen LogP contribution in [-0.2, 0) is 28.6 Å². The van der Waals surface area contributed by atoms with Gasteiger partial charge in [-0.3, -0.25) is 14.4 Å². The molecule has 0 rings (SSSR count). The summed E-state index contributed by atoms with van der Waals surface area (Å²) in [6, 6.07) is 0. The molecule has 6 heteroatoms. The van der Waals surface area contributed by atoms with Crippen molar-refractivity contribution in [2.24, 2.45) is 0 Å². The van der Waals surface area contributed by atoms with Crippen LogP contribution in [0.4, 0.5) is 0 Å². The molecule has 1 unspecified atom stereocenters. The molecule has 0 saturated heterocycles. The zero-order chi connectivity index (χ0) is 47.2. The average molecular weight is 899 g/mol. The van der Waals surface area contributed by atoms with Crippen molar-refractivity contribution >= 4 is 17.9 Å². The Bertz CT molecular complexity index is 1400. The van der Waals surface area contributed by atoms with Crippen LogP contribution in [0.3, 0.4) is 0 Å². The molecule has 0 N–H and O–H groups in total. The van der Waals surface area contributed by atoms with E-state index in [2.05, 4.69) is 69.4 Å². The summed E-state index contributed by atoms with van der Waals surface area (Å²) in [5, 5.41) is 0. The zero-order valence-corrected chi connectivity index (χ0v) is 41.7. The van der Waals surface area contributed by atoms with E-state index in [1.165, 1.54) is 77.0 Å². The summed E-state index contributed by atoms with van der Waals surface area (Å²) in [5.41, 5.74) is 0. The third-order valence-electron chi connectivity index (χ3n) is 10.7. The Kier molecular flexibility index (Phi) is 49.1. The number of rotatable bonds is 45. The highest BCUT2D eigenvalue weighted by Gasteiger charge is 2.19. The summed E-state index contributed by atoms with van der Waals surface area (Å²) in [4.78, 5) is 38.0.